The number of hydrogen-bond acceptors (Lipinski definition) is 7. The Labute approximate surface area is 173 Å². The average Bonchev–Trinajstić information content (AvgIpc) is 3.44. The van der Waals surface area contributed by atoms with Gasteiger partial charge in [-0.05, 0) is 36.2 Å². The molecule has 1 aliphatic heterocycles. The van der Waals surface area contributed by atoms with Gasteiger partial charge in [0.2, 0.25) is 5.88 Å². The Morgan fingerprint density at radius 2 is 2.00 bits per heavy atom. The van der Waals surface area contributed by atoms with Crippen molar-refractivity contribution in [3.05, 3.63) is 60.6 Å². The van der Waals surface area contributed by atoms with Gasteiger partial charge in [-0.2, -0.15) is 10.2 Å². The second kappa shape index (κ2) is 8.27. The molecule has 4 aromatic rings. The molecule has 0 bridgehead atoms. The molecule has 0 unspecified atom stereocenters. The summed E-state index contributed by atoms with van der Waals surface area (Å²) in [6.45, 7) is 4.12. The maximum atomic E-state index is 9.48. The highest BCUT2D eigenvalue weighted by Gasteiger charge is 2.16. The third kappa shape index (κ3) is 4.06. The number of furan rings is 1. The number of piperazine rings is 1. The number of hydrogen-bond donors (Lipinski definition) is 2. The Morgan fingerprint density at radius 1 is 1.10 bits per heavy atom. The van der Waals surface area contributed by atoms with Crippen LogP contribution in [0.15, 0.2) is 59.5 Å². The molecule has 8 nitrogen and oxygen atoms in total. The van der Waals surface area contributed by atoms with Gasteiger partial charge in [0.1, 0.15) is 11.3 Å². The van der Waals surface area contributed by atoms with E-state index in [1.165, 1.54) is 10.6 Å². The van der Waals surface area contributed by atoms with Gasteiger partial charge in [-0.3, -0.25) is 5.10 Å². The molecule has 0 spiro atoms. The van der Waals surface area contributed by atoms with E-state index in [1.54, 1.807) is 12.4 Å². The van der Waals surface area contributed by atoms with Crippen LogP contribution in [0.1, 0.15) is 5.56 Å². The van der Waals surface area contributed by atoms with Crippen LogP contribution >= 0.6 is 0 Å². The SMILES string of the molecule is ON1CCN(CCc2coc3cc(Oc4ccc(-c5ccn[nH]5)cn4)ccc23)CC1. The lowest BCUT2D eigenvalue weighted by Crippen LogP contribution is -2.45. The largest absolute Gasteiger partial charge is 0.464 e. The molecule has 3 aromatic heterocycles. The fraction of sp³-hybridized carbons (Fsp3) is 0.273. The number of nitrogens with one attached hydrogen (secondary N) is 1. The number of H-pyrrole nitrogens is 1. The van der Waals surface area contributed by atoms with Crippen LogP contribution in [0.25, 0.3) is 22.2 Å². The first-order valence-corrected chi connectivity index (χ1v) is 10.0. The van der Waals surface area contributed by atoms with E-state index >= 15 is 0 Å². The first-order valence-electron chi connectivity index (χ1n) is 10.0. The Kier molecular flexibility index (Phi) is 5.18. The van der Waals surface area contributed by atoms with Crippen LogP contribution in [-0.4, -0.2) is 63.1 Å². The van der Waals surface area contributed by atoms with Crippen molar-refractivity contribution in [1.29, 1.82) is 0 Å². The monoisotopic (exact) mass is 405 g/mol. The summed E-state index contributed by atoms with van der Waals surface area (Å²) in [5, 5.41) is 18.8. The van der Waals surface area contributed by atoms with Crippen LogP contribution in [-0.2, 0) is 6.42 Å². The lowest BCUT2D eigenvalue weighted by molar-refractivity contribution is -0.117. The third-order valence-corrected chi connectivity index (χ3v) is 5.44. The molecule has 1 aliphatic rings. The van der Waals surface area contributed by atoms with E-state index in [2.05, 4.69) is 20.1 Å². The molecule has 1 aromatic carbocycles. The second-order valence-corrected chi connectivity index (χ2v) is 7.42. The molecule has 4 heterocycles. The van der Waals surface area contributed by atoms with Crippen LogP contribution in [0.4, 0.5) is 0 Å². The molecular weight excluding hydrogens is 382 g/mol. The number of fused-ring (bicyclic) bond motifs is 1. The number of ether oxygens (including phenoxy) is 1. The molecule has 1 fully saturated rings. The standard InChI is InChI=1S/C22H23N5O3/c28-27-11-9-26(10-12-27)8-6-17-15-29-21-13-18(2-3-19(17)21)30-22-4-1-16(14-23-22)20-5-7-24-25-20/h1-5,7,13-15,28H,6,8-12H2,(H,24,25). The minimum absolute atomic E-state index is 0.521. The van der Waals surface area contributed by atoms with Crippen molar-refractivity contribution in [2.24, 2.45) is 0 Å². The molecule has 0 atom stereocenters. The molecule has 0 saturated carbocycles. The maximum absolute atomic E-state index is 9.48. The summed E-state index contributed by atoms with van der Waals surface area (Å²) < 4.78 is 11.7. The number of pyridine rings is 1. The predicted molar refractivity (Wildman–Crippen MR) is 112 cm³/mol. The quantitative estimate of drug-likeness (QED) is 0.507. The van der Waals surface area contributed by atoms with Crippen molar-refractivity contribution in [1.82, 2.24) is 25.1 Å². The van der Waals surface area contributed by atoms with E-state index < -0.39 is 0 Å². The fourth-order valence-corrected chi connectivity index (χ4v) is 3.70. The van der Waals surface area contributed by atoms with Gasteiger partial charge in [0.15, 0.2) is 0 Å². The number of aromatic nitrogens is 3. The molecule has 30 heavy (non-hydrogen) atoms. The molecule has 5 rings (SSSR count). The highest BCUT2D eigenvalue weighted by molar-refractivity contribution is 5.82. The lowest BCUT2D eigenvalue weighted by atomic mass is 10.1. The highest BCUT2D eigenvalue weighted by atomic mass is 16.5. The van der Waals surface area contributed by atoms with Crippen LogP contribution in [0.5, 0.6) is 11.6 Å². The molecule has 0 aliphatic carbocycles. The van der Waals surface area contributed by atoms with Gasteiger partial charge in [-0.25, -0.2) is 4.98 Å². The highest BCUT2D eigenvalue weighted by Crippen LogP contribution is 2.29. The van der Waals surface area contributed by atoms with Crippen molar-refractivity contribution in [3.63, 3.8) is 0 Å². The van der Waals surface area contributed by atoms with Crippen molar-refractivity contribution in [2.75, 3.05) is 32.7 Å². The topological polar surface area (TPSA) is 90.6 Å². The summed E-state index contributed by atoms with van der Waals surface area (Å²) in [6.07, 6.45) is 6.20. The van der Waals surface area contributed by atoms with E-state index in [1.807, 2.05) is 42.7 Å². The molecule has 0 radical (unpaired) electrons. The first-order chi connectivity index (χ1) is 14.7. The van der Waals surface area contributed by atoms with Gasteiger partial charge in [-0.1, -0.05) is 0 Å². The van der Waals surface area contributed by atoms with Gasteiger partial charge in [-0.15, -0.1) is 0 Å². The van der Waals surface area contributed by atoms with Crippen molar-refractivity contribution >= 4 is 11.0 Å². The zero-order chi connectivity index (χ0) is 20.3. The van der Waals surface area contributed by atoms with Crippen LogP contribution in [0.3, 0.4) is 0 Å². The molecule has 1 saturated heterocycles. The third-order valence-electron chi connectivity index (χ3n) is 5.44. The smallest absolute Gasteiger partial charge is 0.219 e. The fourth-order valence-electron chi connectivity index (χ4n) is 3.70. The number of benzene rings is 1. The summed E-state index contributed by atoms with van der Waals surface area (Å²) in [4.78, 5) is 6.74. The number of rotatable bonds is 6. The van der Waals surface area contributed by atoms with Crippen LogP contribution in [0.2, 0.25) is 0 Å². The summed E-state index contributed by atoms with van der Waals surface area (Å²) >= 11 is 0. The van der Waals surface area contributed by atoms with E-state index in [0.29, 0.717) is 24.7 Å². The van der Waals surface area contributed by atoms with E-state index in [0.717, 1.165) is 48.3 Å². The number of hydroxylamine groups is 2. The maximum Gasteiger partial charge on any atom is 0.219 e. The molecular formula is C22H23N5O3. The van der Waals surface area contributed by atoms with E-state index in [-0.39, 0.29) is 0 Å². The average molecular weight is 405 g/mol. The lowest BCUT2D eigenvalue weighted by Gasteiger charge is -2.30. The Balaban J connectivity index is 1.24. The Bertz CT molecular complexity index is 1100. The second-order valence-electron chi connectivity index (χ2n) is 7.42. The normalized spacial score (nSPS) is 15.6. The Hall–Kier alpha value is -3.20. The summed E-state index contributed by atoms with van der Waals surface area (Å²) in [7, 11) is 0. The van der Waals surface area contributed by atoms with Gasteiger partial charge in [0.05, 0.1) is 12.0 Å². The Morgan fingerprint density at radius 3 is 2.77 bits per heavy atom. The van der Waals surface area contributed by atoms with Crippen molar-refractivity contribution < 1.29 is 14.4 Å². The van der Waals surface area contributed by atoms with Crippen LogP contribution < -0.4 is 4.74 Å². The van der Waals surface area contributed by atoms with Gasteiger partial charge < -0.3 is 19.3 Å². The molecule has 154 valence electrons. The summed E-state index contributed by atoms with van der Waals surface area (Å²) in [6, 6.07) is 11.5. The molecule has 2 N–H and O–H groups in total. The molecule has 8 heteroatoms. The van der Waals surface area contributed by atoms with Gasteiger partial charge >= 0.3 is 0 Å². The summed E-state index contributed by atoms with van der Waals surface area (Å²) in [5.41, 5.74) is 3.85. The number of nitrogens with zero attached hydrogens (tertiary/aromatic N) is 4. The molecule has 0 amide bonds. The van der Waals surface area contributed by atoms with E-state index in [4.69, 9.17) is 9.15 Å². The zero-order valence-electron chi connectivity index (χ0n) is 16.5. The number of aromatic amines is 1. The van der Waals surface area contributed by atoms with Crippen molar-refractivity contribution in [2.45, 2.75) is 6.42 Å². The minimum atomic E-state index is 0.521. The van der Waals surface area contributed by atoms with Gasteiger partial charge in [0, 0.05) is 68.2 Å². The van der Waals surface area contributed by atoms with Crippen molar-refractivity contribution in [3.8, 4) is 22.9 Å². The van der Waals surface area contributed by atoms with Gasteiger partial charge in [0.25, 0.3) is 0 Å². The van der Waals surface area contributed by atoms with Crippen LogP contribution in [0, 0.1) is 0 Å². The minimum Gasteiger partial charge on any atom is -0.464 e. The van der Waals surface area contributed by atoms with E-state index in [9.17, 15) is 5.21 Å². The predicted octanol–water partition coefficient (Wildman–Crippen LogP) is 3.56. The first kappa shape index (κ1) is 18.8. The summed E-state index contributed by atoms with van der Waals surface area (Å²) in [5.74, 6) is 1.21. The zero-order valence-corrected chi connectivity index (χ0v) is 16.5.